The number of anilines is 1. The summed E-state index contributed by atoms with van der Waals surface area (Å²) in [5.74, 6) is -0.0882. The molecule has 1 rings (SSSR count). The molecule has 0 aromatic heterocycles. The number of rotatable bonds is 12. The number of aliphatic hydroxyl groups excluding tert-OH is 1. The van der Waals surface area contributed by atoms with Crippen LogP contribution >= 0.6 is 0 Å². The number of hydrogen-bond acceptors (Lipinski definition) is 4. The predicted octanol–water partition coefficient (Wildman–Crippen LogP) is 2.45. The zero-order valence-corrected chi connectivity index (χ0v) is 15.4. The number of Topliss-reactive ketones (excluding diaryl/α,β-unsaturated/α-hetero) is 1. The fraction of sp³-hybridized carbons (Fsp3) is 0.579. The van der Waals surface area contributed by atoms with Gasteiger partial charge in [-0.05, 0) is 30.5 Å². The summed E-state index contributed by atoms with van der Waals surface area (Å²) in [5.41, 5.74) is 2.20. The molecule has 0 atom stereocenters. The van der Waals surface area contributed by atoms with Crippen molar-refractivity contribution >= 4 is 17.5 Å². The molecule has 0 aliphatic rings. The smallest absolute Gasteiger partial charge is 0.315 e. The first-order chi connectivity index (χ1) is 12.0. The topological polar surface area (TPSA) is 81.7 Å². The minimum Gasteiger partial charge on any atom is -0.389 e. The highest BCUT2D eigenvalue weighted by Gasteiger charge is 2.02. The van der Waals surface area contributed by atoms with Crippen molar-refractivity contribution in [3.05, 3.63) is 29.8 Å². The summed E-state index contributed by atoms with van der Waals surface area (Å²) in [6.07, 6.45) is 5.28. The van der Waals surface area contributed by atoms with E-state index in [2.05, 4.69) is 10.6 Å². The van der Waals surface area contributed by atoms with E-state index in [4.69, 9.17) is 5.11 Å². The number of nitrogens with one attached hydrogen (secondary N) is 2. The summed E-state index contributed by atoms with van der Waals surface area (Å²) >= 11 is 0. The molecule has 0 bridgehead atoms. The number of hydrogen-bond donors (Lipinski definition) is 3. The van der Waals surface area contributed by atoms with E-state index in [1.807, 2.05) is 43.3 Å². The molecule has 6 heteroatoms. The van der Waals surface area contributed by atoms with Gasteiger partial charge in [-0.1, -0.05) is 31.4 Å². The van der Waals surface area contributed by atoms with Crippen LogP contribution in [0.4, 0.5) is 10.5 Å². The number of unbranched alkanes of at least 4 members (excludes halogenated alkanes) is 4. The van der Waals surface area contributed by atoms with Crippen LogP contribution in [0.1, 0.15) is 44.1 Å². The van der Waals surface area contributed by atoms with E-state index >= 15 is 0 Å². The highest BCUT2D eigenvalue weighted by Crippen LogP contribution is 2.11. The van der Waals surface area contributed by atoms with Crippen molar-refractivity contribution in [3.63, 3.8) is 0 Å². The standard InChI is InChI=1S/C19H31N3O3/c1-22(2)17-11-9-16(10-12-17)14-21-19(25)20-13-7-5-3-4-6-8-18(24)15-23/h9-12,23H,3-8,13-15H2,1-2H3,(H2,20,21,25). The van der Waals surface area contributed by atoms with Gasteiger partial charge in [-0.3, -0.25) is 4.79 Å². The Morgan fingerprint density at radius 1 is 0.960 bits per heavy atom. The average Bonchev–Trinajstić information content (AvgIpc) is 2.62. The maximum Gasteiger partial charge on any atom is 0.315 e. The maximum absolute atomic E-state index is 11.7. The lowest BCUT2D eigenvalue weighted by atomic mass is 10.1. The van der Waals surface area contributed by atoms with Gasteiger partial charge >= 0.3 is 6.03 Å². The van der Waals surface area contributed by atoms with Crippen LogP contribution in [-0.4, -0.2) is 44.2 Å². The Kier molecular flexibility index (Phi) is 10.3. The van der Waals surface area contributed by atoms with Crippen LogP contribution in [0, 0.1) is 0 Å². The molecule has 0 radical (unpaired) electrons. The molecule has 2 amide bonds. The van der Waals surface area contributed by atoms with E-state index in [-0.39, 0.29) is 18.4 Å². The summed E-state index contributed by atoms with van der Waals surface area (Å²) in [4.78, 5) is 24.7. The van der Waals surface area contributed by atoms with E-state index in [9.17, 15) is 9.59 Å². The zero-order valence-electron chi connectivity index (χ0n) is 15.4. The second kappa shape index (κ2) is 12.3. The molecule has 0 spiro atoms. The normalized spacial score (nSPS) is 10.4. The lowest BCUT2D eigenvalue weighted by molar-refractivity contribution is -0.121. The molecular weight excluding hydrogens is 318 g/mol. The maximum atomic E-state index is 11.7. The van der Waals surface area contributed by atoms with Gasteiger partial charge in [0.05, 0.1) is 0 Å². The van der Waals surface area contributed by atoms with Gasteiger partial charge in [0, 0.05) is 39.3 Å². The summed E-state index contributed by atoms with van der Waals surface area (Å²) in [5, 5.41) is 14.3. The number of nitrogens with zero attached hydrogens (tertiary/aromatic N) is 1. The van der Waals surface area contributed by atoms with Gasteiger partial charge in [-0.15, -0.1) is 0 Å². The van der Waals surface area contributed by atoms with Gasteiger partial charge in [0.1, 0.15) is 6.61 Å². The lowest BCUT2D eigenvalue weighted by Crippen LogP contribution is -2.35. The van der Waals surface area contributed by atoms with Gasteiger partial charge in [0.15, 0.2) is 5.78 Å². The second-order valence-electron chi connectivity index (χ2n) is 6.38. The summed E-state index contributed by atoms with van der Waals surface area (Å²) in [6, 6.07) is 7.94. The Labute approximate surface area is 150 Å². The quantitative estimate of drug-likeness (QED) is 0.506. The second-order valence-corrected chi connectivity index (χ2v) is 6.38. The van der Waals surface area contributed by atoms with E-state index in [1.54, 1.807) is 0 Å². The third-order valence-electron chi connectivity index (χ3n) is 4.00. The minimum atomic E-state index is -0.348. The molecule has 1 aromatic rings. The van der Waals surface area contributed by atoms with Crippen molar-refractivity contribution in [1.29, 1.82) is 0 Å². The fourth-order valence-corrected chi connectivity index (χ4v) is 2.42. The van der Waals surface area contributed by atoms with E-state index in [0.29, 0.717) is 19.5 Å². The van der Waals surface area contributed by atoms with Gasteiger partial charge in [0.25, 0.3) is 0 Å². The van der Waals surface area contributed by atoms with Crippen LogP contribution in [0.15, 0.2) is 24.3 Å². The Morgan fingerprint density at radius 3 is 2.24 bits per heavy atom. The largest absolute Gasteiger partial charge is 0.389 e. The number of ketones is 1. The Bertz CT molecular complexity index is 515. The van der Waals surface area contributed by atoms with Crippen LogP contribution in [0.5, 0.6) is 0 Å². The molecule has 140 valence electrons. The number of urea groups is 1. The van der Waals surface area contributed by atoms with Crippen molar-refractivity contribution < 1.29 is 14.7 Å². The SMILES string of the molecule is CN(C)c1ccc(CNC(=O)NCCCCCCCC(=O)CO)cc1. The van der Waals surface area contributed by atoms with Crippen LogP contribution in [0.3, 0.4) is 0 Å². The van der Waals surface area contributed by atoms with Gasteiger partial charge < -0.3 is 20.6 Å². The van der Waals surface area contributed by atoms with Crippen molar-refractivity contribution in [2.45, 2.75) is 45.1 Å². The number of carbonyl (C=O) groups is 2. The molecule has 0 aliphatic heterocycles. The van der Waals surface area contributed by atoms with Crippen molar-refractivity contribution in [1.82, 2.24) is 10.6 Å². The van der Waals surface area contributed by atoms with Gasteiger partial charge in [0.2, 0.25) is 0 Å². The molecule has 0 saturated heterocycles. The minimum absolute atomic E-state index is 0.0882. The number of benzene rings is 1. The van der Waals surface area contributed by atoms with Gasteiger partial charge in [-0.25, -0.2) is 4.79 Å². The Hall–Kier alpha value is -2.08. The highest BCUT2D eigenvalue weighted by molar-refractivity contribution is 5.79. The molecule has 0 heterocycles. The molecule has 0 unspecified atom stereocenters. The van der Waals surface area contributed by atoms with Crippen molar-refractivity contribution in [2.75, 3.05) is 32.1 Å². The lowest BCUT2D eigenvalue weighted by Gasteiger charge is -2.13. The summed E-state index contributed by atoms with van der Waals surface area (Å²) in [7, 11) is 3.99. The summed E-state index contributed by atoms with van der Waals surface area (Å²) in [6.45, 7) is 0.818. The zero-order chi connectivity index (χ0) is 18.5. The average molecular weight is 349 g/mol. The monoisotopic (exact) mass is 349 g/mol. The van der Waals surface area contributed by atoms with E-state index in [1.165, 1.54) is 0 Å². The highest BCUT2D eigenvalue weighted by atomic mass is 16.3. The van der Waals surface area contributed by atoms with Crippen molar-refractivity contribution in [2.24, 2.45) is 0 Å². The molecule has 6 nitrogen and oxygen atoms in total. The first-order valence-corrected chi connectivity index (χ1v) is 8.93. The fourth-order valence-electron chi connectivity index (χ4n) is 2.42. The van der Waals surface area contributed by atoms with Crippen molar-refractivity contribution in [3.8, 4) is 0 Å². The molecule has 0 fully saturated rings. The number of carbonyl (C=O) groups excluding carboxylic acids is 2. The molecule has 3 N–H and O–H groups in total. The third kappa shape index (κ3) is 9.72. The van der Waals surface area contributed by atoms with E-state index < -0.39 is 0 Å². The molecular formula is C19H31N3O3. The van der Waals surface area contributed by atoms with Crippen LogP contribution in [0.2, 0.25) is 0 Å². The third-order valence-corrected chi connectivity index (χ3v) is 4.00. The molecule has 25 heavy (non-hydrogen) atoms. The van der Waals surface area contributed by atoms with Crippen LogP contribution in [0.25, 0.3) is 0 Å². The Morgan fingerprint density at radius 2 is 1.60 bits per heavy atom. The Balaban J connectivity index is 2.03. The molecule has 0 aliphatic carbocycles. The van der Waals surface area contributed by atoms with Crippen LogP contribution < -0.4 is 15.5 Å². The molecule has 1 aromatic carbocycles. The molecule has 0 saturated carbocycles. The van der Waals surface area contributed by atoms with E-state index in [0.717, 1.165) is 43.4 Å². The predicted molar refractivity (Wildman–Crippen MR) is 101 cm³/mol. The number of aliphatic hydroxyl groups is 1. The number of amides is 2. The van der Waals surface area contributed by atoms with Crippen LogP contribution in [-0.2, 0) is 11.3 Å². The first-order valence-electron chi connectivity index (χ1n) is 8.93. The summed E-state index contributed by atoms with van der Waals surface area (Å²) < 4.78 is 0. The first kappa shape index (κ1) is 21.0. The van der Waals surface area contributed by atoms with Gasteiger partial charge in [-0.2, -0.15) is 0 Å².